The Morgan fingerprint density at radius 1 is 1.16 bits per heavy atom. The van der Waals surface area contributed by atoms with E-state index in [-0.39, 0.29) is 5.91 Å². The van der Waals surface area contributed by atoms with Crippen LogP contribution in [0.5, 0.6) is 0 Å². The molecular weight excluding hydrogens is 312 g/mol. The zero-order valence-corrected chi connectivity index (χ0v) is 14.8. The van der Waals surface area contributed by atoms with E-state index in [1.54, 1.807) is 6.20 Å². The highest BCUT2D eigenvalue weighted by Gasteiger charge is 2.11. The van der Waals surface area contributed by atoms with Crippen molar-refractivity contribution in [2.45, 2.75) is 39.7 Å². The summed E-state index contributed by atoms with van der Waals surface area (Å²) in [7, 11) is 0. The minimum absolute atomic E-state index is 0.0427. The normalized spacial score (nSPS) is 11.0. The van der Waals surface area contributed by atoms with Gasteiger partial charge in [0.05, 0.1) is 0 Å². The number of benzene rings is 1. The molecular formula is C20H24N4O. The van der Waals surface area contributed by atoms with E-state index in [9.17, 15) is 4.79 Å². The molecule has 1 N–H and O–H groups in total. The van der Waals surface area contributed by atoms with Crippen LogP contribution in [0.3, 0.4) is 0 Å². The van der Waals surface area contributed by atoms with Gasteiger partial charge in [-0.05, 0) is 42.7 Å². The molecule has 0 aliphatic heterocycles. The fourth-order valence-electron chi connectivity index (χ4n) is 2.94. The number of aryl methyl sites for hydroxylation is 2. The standard InChI is InChI=1S/C20H24N4O/c1-3-14-24-18(23-17-6-5-12-21-19(17)24)11-13-22-20(25)16-9-7-15(4-2)8-10-16/h5-10,12H,3-4,11,13-14H2,1-2H3,(H,22,25). The smallest absolute Gasteiger partial charge is 0.251 e. The Morgan fingerprint density at radius 2 is 1.96 bits per heavy atom. The van der Waals surface area contributed by atoms with E-state index in [0.29, 0.717) is 18.5 Å². The Labute approximate surface area is 148 Å². The van der Waals surface area contributed by atoms with Crippen molar-refractivity contribution in [3.63, 3.8) is 0 Å². The number of nitrogens with one attached hydrogen (secondary N) is 1. The maximum absolute atomic E-state index is 12.3. The quantitative estimate of drug-likeness (QED) is 0.719. The lowest BCUT2D eigenvalue weighted by Crippen LogP contribution is -2.26. The van der Waals surface area contributed by atoms with Gasteiger partial charge in [-0.25, -0.2) is 9.97 Å². The second-order valence-electron chi connectivity index (χ2n) is 6.08. The van der Waals surface area contributed by atoms with Crippen LogP contribution in [0, 0.1) is 0 Å². The molecule has 0 saturated heterocycles. The number of aromatic nitrogens is 3. The Hall–Kier alpha value is -2.69. The van der Waals surface area contributed by atoms with E-state index < -0.39 is 0 Å². The molecule has 2 aromatic heterocycles. The molecule has 0 aliphatic carbocycles. The summed E-state index contributed by atoms with van der Waals surface area (Å²) in [6, 6.07) is 11.6. The molecule has 0 bridgehead atoms. The maximum Gasteiger partial charge on any atom is 0.251 e. The van der Waals surface area contributed by atoms with Gasteiger partial charge in [0.2, 0.25) is 0 Å². The first-order valence-electron chi connectivity index (χ1n) is 8.90. The van der Waals surface area contributed by atoms with E-state index in [2.05, 4.69) is 33.7 Å². The third-order valence-electron chi connectivity index (χ3n) is 4.29. The third-order valence-corrected chi connectivity index (χ3v) is 4.29. The van der Waals surface area contributed by atoms with E-state index in [0.717, 1.165) is 36.4 Å². The Kier molecular flexibility index (Phi) is 5.43. The summed E-state index contributed by atoms with van der Waals surface area (Å²) >= 11 is 0. The van der Waals surface area contributed by atoms with Crippen LogP contribution < -0.4 is 5.32 Å². The highest BCUT2D eigenvalue weighted by Crippen LogP contribution is 2.14. The number of fused-ring (bicyclic) bond motifs is 1. The third kappa shape index (κ3) is 3.87. The minimum Gasteiger partial charge on any atom is -0.352 e. The molecule has 0 fully saturated rings. The van der Waals surface area contributed by atoms with Crippen LogP contribution in [0.1, 0.15) is 42.0 Å². The van der Waals surface area contributed by atoms with Crippen LogP contribution in [-0.4, -0.2) is 27.0 Å². The zero-order valence-electron chi connectivity index (χ0n) is 14.8. The van der Waals surface area contributed by atoms with Gasteiger partial charge < -0.3 is 9.88 Å². The van der Waals surface area contributed by atoms with Gasteiger partial charge in [-0.2, -0.15) is 0 Å². The second-order valence-corrected chi connectivity index (χ2v) is 6.08. The van der Waals surface area contributed by atoms with Crippen molar-refractivity contribution in [1.82, 2.24) is 19.9 Å². The van der Waals surface area contributed by atoms with Crippen molar-refractivity contribution in [1.29, 1.82) is 0 Å². The fourth-order valence-corrected chi connectivity index (χ4v) is 2.94. The summed E-state index contributed by atoms with van der Waals surface area (Å²) in [5.41, 5.74) is 3.76. The first kappa shape index (κ1) is 17.1. The van der Waals surface area contributed by atoms with Gasteiger partial charge in [0.1, 0.15) is 11.3 Å². The molecule has 3 aromatic rings. The zero-order chi connectivity index (χ0) is 17.6. The van der Waals surface area contributed by atoms with Crippen molar-refractivity contribution in [3.05, 3.63) is 59.5 Å². The molecule has 0 unspecified atom stereocenters. The first-order chi connectivity index (χ1) is 12.2. The molecule has 0 radical (unpaired) electrons. The van der Waals surface area contributed by atoms with E-state index in [1.165, 1.54) is 5.56 Å². The molecule has 0 atom stereocenters. The SMILES string of the molecule is CCCn1c(CCNC(=O)c2ccc(CC)cc2)nc2cccnc21. The lowest BCUT2D eigenvalue weighted by Gasteiger charge is -2.08. The summed E-state index contributed by atoms with van der Waals surface area (Å²) in [4.78, 5) is 21.4. The largest absolute Gasteiger partial charge is 0.352 e. The molecule has 0 saturated carbocycles. The topological polar surface area (TPSA) is 59.8 Å². The summed E-state index contributed by atoms with van der Waals surface area (Å²) < 4.78 is 2.15. The van der Waals surface area contributed by atoms with Crippen molar-refractivity contribution >= 4 is 17.1 Å². The highest BCUT2D eigenvalue weighted by atomic mass is 16.1. The van der Waals surface area contributed by atoms with Gasteiger partial charge in [0.25, 0.3) is 5.91 Å². The van der Waals surface area contributed by atoms with Crippen molar-refractivity contribution < 1.29 is 4.79 Å². The summed E-state index contributed by atoms with van der Waals surface area (Å²) in [6.07, 6.45) is 4.48. The van der Waals surface area contributed by atoms with Crippen molar-refractivity contribution in [3.8, 4) is 0 Å². The molecule has 25 heavy (non-hydrogen) atoms. The van der Waals surface area contributed by atoms with Crippen LogP contribution in [0.25, 0.3) is 11.2 Å². The van der Waals surface area contributed by atoms with Crippen LogP contribution >= 0.6 is 0 Å². The fraction of sp³-hybridized carbons (Fsp3) is 0.350. The predicted molar refractivity (Wildman–Crippen MR) is 99.7 cm³/mol. The minimum atomic E-state index is -0.0427. The number of carbonyl (C=O) groups excluding carboxylic acids is 1. The lowest BCUT2D eigenvalue weighted by atomic mass is 10.1. The molecule has 1 amide bonds. The lowest BCUT2D eigenvalue weighted by molar-refractivity contribution is 0.0954. The van der Waals surface area contributed by atoms with Gasteiger partial charge in [0, 0.05) is 31.3 Å². The van der Waals surface area contributed by atoms with Crippen LogP contribution in [0.4, 0.5) is 0 Å². The van der Waals surface area contributed by atoms with E-state index in [1.807, 2.05) is 36.4 Å². The number of hydrogen-bond acceptors (Lipinski definition) is 3. The molecule has 0 aliphatic rings. The maximum atomic E-state index is 12.3. The number of imidazole rings is 1. The Balaban J connectivity index is 1.66. The van der Waals surface area contributed by atoms with Gasteiger partial charge >= 0.3 is 0 Å². The Bertz CT molecular complexity index is 852. The van der Waals surface area contributed by atoms with Crippen molar-refractivity contribution in [2.24, 2.45) is 0 Å². The summed E-state index contributed by atoms with van der Waals surface area (Å²) in [5.74, 6) is 0.927. The monoisotopic (exact) mass is 336 g/mol. The summed E-state index contributed by atoms with van der Waals surface area (Å²) in [5, 5.41) is 2.99. The molecule has 130 valence electrons. The van der Waals surface area contributed by atoms with Crippen LogP contribution in [0.15, 0.2) is 42.6 Å². The molecule has 3 rings (SSSR count). The number of pyridine rings is 1. The number of rotatable bonds is 7. The van der Waals surface area contributed by atoms with Crippen LogP contribution in [-0.2, 0) is 19.4 Å². The highest BCUT2D eigenvalue weighted by molar-refractivity contribution is 5.94. The Morgan fingerprint density at radius 3 is 2.68 bits per heavy atom. The number of carbonyl (C=O) groups is 1. The predicted octanol–water partition coefficient (Wildman–Crippen LogP) is 3.38. The average molecular weight is 336 g/mol. The molecule has 2 heterocycles. The van der Waals surface area contributed by atoms with Crippen LogP contribution in [0.2, 0.25) is 0 Å². The second kappa shape index (κ2) is 7.92. The van der Waals surface area contributed by atoms with Crippen molar-refractivity contribution in [2.75, 3.05) is 6.54 Å². The molecule has 5 heteroatoms. The van der Waals surface area contributed by atoms with Gasteiger partial charge in [-0.3, -0.25) is 4.79 Å². The van der Waals surface area contributed by atoms with Gasteiger partial charge in [0.15, 0.2) is 5.65 Å². The van der Waals surface area contributed by atoms with E-state index >= 15 is 0 Å². The number of amides is 1. The van der Waals surface area contributed by atoms with Gasteiger partial charge in [-0.15, -0.1) is 0 Å². The average Bonchev–Trinajstić information content (AvgIpc) is 3.00. The number of hydrogen-bond donors (Lipinski definition) is 1. The first-order valence-corrected chi connectivity index (χ1v) is 8.90. The molecule has 0 spiro atoms. The van der Waals surface area contributed by atoms with E-state index in [4.69, 9.17) is 0 Å². The number of nitrogens with zero attached hydrogens (tertiary/aromatic N) is 3. The van der Waals surface area contributed by atoms with Gasteiger partial charge in [-0.1, -0.05) is 26.0 Å². The molecule has 5 nitrogen and oxygen atoms in total. The molecule has 1 aromatic carbocycles. The summed E-state index contributed by atoms with van der Waals surface area (Å²) in [6.45, 7) is 5.68.